The Balaban J connectivity index is 2.29. The van der Waals surface area contributed by atoms with Gasteiger partial charge in [0.05, 0.1) is 0 Å². The van der Waals surface area contributed by atoms with E-state index >= 15 is 0 Å². The van der Waals surface area contributed by atoms with Gasteiger partial charge in [0.25, 0.3) is 10.0 Å². The predicted molar refractivity (Wildman–Crippen MR) is 73.3 cm³/mol. The van der Waals surface area contributed by atoms with Gasteiger partial charge >= 0.3 is 0 Å². The lowest BCUT2D eigenvalue weighted by atomic mass is 10.2. The Morgan fingerprint density at radius 2 is 2.00 bits per heavy atom. The van der Waals surface area contributed by atoms with Crippen LogP contribution >= 0.6 is 0 Å². The number of hydrogen-bond acceptors (Lipinski definition) is 4. The Morgan fingerprint density at radius 1 is 1.32 bits per heavy atom. The van der Waals surface area contributed by atoms with Crippen molar-refractivity contribution in [2.24, 2.45) is 0 Å². The second-order valence-electron chi connectivity index (χ2n) is 4.88. The SMILES string of the molecule is CCNCc1c(S(=O)(=O)N2CCCCC2)n[nH]c1C. The topological polar surface area (TPSA) is 78.1 Å². The lowest BCUT2D eigenvalue weighted by Gasteiger charge is -2.25. The Bertz CT molecular complexity index is 518. The molecular formula is C12H22N4O2S. The van der Waals surface area contributed by atoms with Gasteiger partial charge in [0.1, 0.15) is 0 Å². The molecule has 1 saturated heterocycles. The molecule has 0 radical (unpaired) electrons. The van der Waals surface area contributed by atoms with Gasteiger partial charge in [-0.2, -0.15) is 9.40 Å². The van der Waals surface area contributed by atoms with Crippen LogP contribution < -0.4 is 5.32 Å². The average molecular weight is 286 g/mol. The average Bonchev–Trinajstić information content (AvgIpc) is 2.79. The number of piperidine rings is 1. The smallest absolute Gasteiger partial charge is 0.262 e. The van der Waals surface area contributed by atoms with Crippen LogP contribution in [0.3, 0.4) is 0 Å². The molecule has 1 fully saturated rings. The molecule has 2 N–H and O–H groups in total. The molecule has 0 aliphatic carbocycles. The van der Waals surface area contributed by atoms with E-state index in [1.165, 1.54) is 0 Å². The summed E-state index contributed by atoms with van der Waals surface area (Å²) in [5, 5.41) is 10.2. The maximum atomic E-state index is 12.6. The van der Waals surface area contributed by atoms with E-state index in [4.69, 9.17) is 0 Å². The molecule has 1 aliphatic rings. The zero-order valence-electron chi connectivity index (χ0n) is 11.6. The Hall–Kier alpha value is -0.920. The zero-order valence-corrected chi connectivity index (χ0v) is 12.4. The Labute approximate surface area is 114 Å². The van der Waals surface area contributed by atoms with Crippen LogP contribution in [0.2, 0.25) is 0 Å². The van der Waals surface area contributed by atoms with Gasteiger partial charge in [0.15, 0.2) is 5.03 Å². The number of rotatable bonds is 5. The van der Waals surface area contributed by atoms with Crippen molar-refractivity contribution in [3.05, 3.63) is 11.3 Å². The summed E-state index contributed by atoms with van der Waals surface area (Å²) in [6, 6.07) is 0. The molecule has 2 rings (SSSR count). The van der Waals surface area contributed by atoms with Crippen LogP contribution in [-0.2, 0) is 16.6 Å². The van der Waals surface area contributed by atoms with Gasteiger partial charge in [0.2, 0.25) is 0 Å². The summed E-state index contributed by atoms with van der Waals surface area (Å²) in [5.41, 5.74) is 1.57. The van der Waals surface area contributed by atoms with Crippen molar-refractivity contribution in [3.8, 4) is 0 Å². The van der Waals surface area contributed by atoms with Gasteiger partial charge in [-0.25, -0.2) is 8.42 Å². The maximum Gasteiger partial charge on any atom is 0.262 e. The lowest BCUT2D eigenvalue weighted by Crippen LogP contribution is -2.36. The van der Waals surface area contributed by atoms with E-state index in [-0.39, 0.29) is 5.03 Å². The van der Waals surface area contributed by atoms with Crippen molar-refractivity contribution in [2.75, 3.05) is 19.6 Å². The van der Waals surface area contributed by atoms with Crippen molar-refractivity contribution >= 4 is 10.0 Å². The summed E-state index contributed by atoms with van der Waals surface area (Å²) in [6.07, 6.45) is 2.98. The van der Waals surface area contributed by atoms with Gasteiger partial charge in [-0.15, -0.1) is 0 Å². The molecular weight excluding hydrogens is 264 g/mol. The number of aryl methyl sites for hydroxylation is 1. The molecule has 1 aromatic heterocycles. The highest BCUT2D eigenvalue weighted by molar-refractivity contribution is 7.89. The van der Waals surface area contributed by atoms with E-state index in [0.717, 1.165) is 37.1 Å². The van der Waals surface area contributed by atoms with Crippen molar-refractivity contribution in [2.45, 2.75) is 44.7 Å². The van der Waals surface area contributed by atoms with E-state index < -0.39 is 10.0 Å². The molecule has 0 spiro atoms. The van der Waals surface area contributed by atoms with Gasteiger partial charge in [-0.3, -0.25) is 5.10 Å². The second-order valence-corrected chi connectivity index (χ2v) is 6.73. The molecule has 0 amide bonds. The molecule has 1 aliphatic heterocycles. The standard InChI is InChI=1S/C12H22N4O2S/c1-3-13-9-11-10(2)14-15-12(11)19(17,18)16-7-5-4-6-8-16/h13H,3-9H2,1-2H3,(H,14,15). The minimum atomic E-state index is -3.45. The summed E-state index contributed by atoms with van der Waals surface area (Å²) in [6.45, 7) is 6.39. The first kappa shape index (κ1) is 14.5. The Morgan fingerprint density at radius 3 is 2.63 bits per heavy atom. The van der Waals surface area contributed by atoms with Crippen LogP contribution in [0.5, 0.6) is 0 Å². The maximum absolute atomic E-state index is 12.6. The Kier molecular flexibility index (Phi) is 4.59. The molecule has 0 bridgehead atoms. The third kappa shape index (κ3) is 2.98. The van der Waals surface area contributed by atoms with Crippen molar-refractivity contribution < 1.29 is 8.42 Å². The van der Waals surface area contributed by atoms with E-state index in [2.05, 4.69) is 15.5 Å². The highest BCUT2D eigenvalue weighted by Gasteiger charge is 2.31. The first-order valence-corrected chi connectivity index (χ1v) is 8.26. The fourth-order valence-corrected chi connectivity index (χ4v) is 4.01. The minimum absolute atomic E-state index is 0.188. The van der Waals surface area contributed by atoms with Crippen LogP contribution in [0.1, 0.15) is 37.4 Å². The highest BCUT2D eigenvalue weighted by Crippen LogP contribution is 2.23. The monoisotopic (exact) mass is 286 g/mol. The number of hydrogen-bond donors (Lipinski definition) is 2. The lowest BCUT2D eigenvalue weighted by molar-refractivity contribution is 0.345. The normalized spacial score (nSPS) is 17.8. The molecule has 0 aromatic carbocycles. The predicted octanol–water partition coefficient (Wildman–Crippen LogP) is 1.00. The zero-order chi connectivity index (χ0) is 13.9. The number of sulfonamides is 1. The minimum Gasteiger partial charge on any atom is -0.313 e. The molecule has 0 atom stereocenters. The van der Waals surface area contributed by atoms with Crippen molar-refractivity contribution in [3.63, 3.8) is 0 Å². The summed E-state index contributed by atoms with van der Waals surface area (Å²) >= 11 is 0. The molecule has 2 heterocycles. The van der Waals surface area contributed by atoms with E-state index in [9.17, 15) is 8.42 Å². The molecule has 7 heteroatoms. The van der Waals surface area contributed by atoms with Crippen molar-refractivity contribution in [1.82, 2.24) is 19.8 Å². The summed E-state index contributed by atoms with van der Waals surface area (Å²) in [5.74, 6) is 0. The van der Waals surface area contributed by atoms with E-state index in [1.807, 2.05) is 13.8 Å². The first-order chi connectivity index (χ1) is 9.07. The quantitative estimate of drug-likeness (QED) is 0.846. The van der Waals surface area contributed by atoms with Gasteiger partial charge in [-0.1, -0.05) is 13.3 Å². The largest absolute Gasteiger partial charge is 0.313 e. The fourth-order valence-electron chi connectivity index (χ4n) is 2.33. The second kappa shape index (κ2) is 6.02. The van der Waals surface area contributed by atoms with Gasteiger partial charge in [-0.05, 0) is 26.3 Å². The van der Waals surface area contributed by atoms with Crippen LogP contribution in [0.15, 0.2) is 5.03 Å². The third-order valence-corrected chi connectivity index (χ3v) is 5.36. The number of nitrogens with zero attached hydrogens (tertiary/aromatic N) is 2. The fraction of sp³-hybridized carbons (Fsp3) is 0.750. The molecule has 1 aromatic rings. The molecule has 6 nitrogen and oxygen atoms in total. The van der Waals surface area contributed by atoms with Crippen LogP contribution in [0, 0.1) is 6.92 Å². The van der Waals surface area contributed by atoms with Crippen molar-refractivity contribution in [1.29, 1.82) is 0 Å². The van der Waals surface area contributed by atoms with Crippen LogP contribution in [-0.4, -0.2) is 42.6 Å². The molecule has 0 saturated carbocycles. The summed E-state index contributed by atoms with van der Waals surface area (Å²) < 4.78 is 26.8. The van der Waals surface area contributed by atoms with Crippen LogP contribution in [0.4, 0.5) is 0 Å². The number of aromatic nitrogens is 2. The molecule has 108 valence electrons. The third-order valence-electron chi connectivity index (χ3n) is 3.49. The number of nitrogens with one attached hydrogen (secondary N) is 2. The number of aromatic amines is 1. The highest BCUT2D eigenvalue weighted by atomic mass is 32.2. The summed E-state index contributed by atoms with van der Waals surface area (Å²) in [4.78, 5) is 0. The van der Waals surface area contributed by atoms with Crippen LogP contribution in [0.25, 0.3) is 0 Å². The van der Waals surface area contributed by atoms with Gasteiger partial charge < -0.3 is 5.32 Å². The molecule has 19 heavy (non-hydrogen) atoms. The number of H-pyrrole nitrogens is 1. The molecule has 0 unspecified atom stereocenters. The first-order valence-electron chi connectivity index (χ1n) is 6.82. The van der Waals surface area contributed by atoms with E-state index in [0.29, 0.717) is 19.6 Å². The van der Waals surface area contributed by atoms with Gasteiger partial charge in [0, 0.05) is 30.9 Å². The summed E-state index contributed by atoms with van der Waals surface area (Å²) in [7, 11) is -3.45. The van der Waals surface area contributed by atoms with E-state index in [1.54, 1.807) is 4.31 Å².